The SMILES string of the molecule is CCN(c1cccc(C)c1)c1nc(-c2ccccc2)ncc1C(=O)NCC(C)C. The summed E-state index contributed by atoms with van der Waals surface area (Å²) in [6.45, 7) is 9.54. The summed E-state index contributed by atoms with van der Waals surface area (Å²) in [5.41, 5.74) is 3.56. The van der Waals surface area contributed by atoms with Gasteiger partial charge in [0.15, 0.2) is 5.82 Å². The number of amides is 1. The van der Waals surface area contributed by atoms with Gasteiger partial charge in [0.05, 0.1) is 0 Å². The van der Waals surface area contributed by atoms with E-state index in [0.717, 1.165) is 16.8 Å². The van der Waals surface area contributed by atoms with E-state index in [9.17, 15) is 4.79 Å². The molecule has 1 aromatic heterocycles. The fourth-order valence-electron chi connectivity index (χ4n) is 3.11. The average molecular weight is 389 g/mol. The zero-order chi connectivity index (χ0) is 20.8. The third-order valence-corrected chi connectivity index (χ3v) is 4.60. The molecule has 0 saturated heterocycles. The summed E-state index contributed by atoms with van der Waals surface area (Å²) >= 11 is 0. The van der Waals surface area contributed by atoms with Crippen LogP contribution >= 0.6 is 0 Å². The van der Waals surface area contributed by atoms with Crippen molar-refractivity contribution in [2.24, 2.45) is 5.92 Å². The quantitative estimate of drug-likeness (QED) is 0.619. The van der Waals surface area contributed by atoms with Crippen molar-refractivity contribution in [1.29, 1.82) is 0 Å². The fourth-order valence-corrected chi connectivity index (χ4v) is 3.11. The molecule has 0 saturated carbocycles. The van der Waals surface area contributed by atoms with Crippen LogP contribution in [0.2, 0.25) is 0 Å². The van der Waals surface area contributed by atoms with E-state index in [2.05, 4.69) is 55.0 Å². The van der Waals surface area contributed by atoms with E-state index in [1.807, 2.05) is 42.5 Å². The molecule has 150 valence electrons. The first-order valence-electron chi connectivity index (χ1n) is 10.0. The molecular formula is C24H28N4O. The van der Waals surface area contributed by atoms with Crippen molar-refractivity contribution in [3.63, 3.8) is 0 Å². The van der Waals surface area contributed by atoms with Crippen LogP contribution in [0.1, 0.15) is 36.7 Å². The number of aryl methyl sites for hydroxylation is 1. The Labute approximate surface area is 172 Å². The molecule has 0 bridgehead atoms. The first-order valence-corrected chi connectivity index (χ1v) is 10.0. The molecular weight excluding hydrogens is 360 g/mol. The number of anilines is 2. The molecule has 0 unspecified atom stereocenters. The lowest BCUT2D eigenvalue weighted by atomic mass is 10.1. The van der Waals surface area contributed by atoms with Crippen molar-refractivity contribution >= 4 is 17.4 Å². The summed E-state index contributed by atoms with van der Waals surface area (Å²) in [5, 5.41) is 2.99. The van der Waals surface area contributed by atoms with Gasteiger partial charge in [0, 0.05) is 30.5 Å². The molecule has 3 aromatic rings. The number of rotatable bonds is 7. The summed E-state index contributed by atoms with van der Waals surface area (Å²) < 4.78 is 0. The highest BCUT2D eigenvalue weighted by molar-refractivity contribution is 5.99. The van der Waals surface area contributed by atoms with Crippen molar-refractivity contribution in [1.82, 2.24) is 15.3 Å². The Morgan fingerprint density at radius 3 is 2.52 bits per heavy atom. The van der Waals surface area contributed by atoms with Gasteiger partial charge in [-0.2, -0.15) is 0 Å². The van der Waals surface area contributed by atoms with Crippen molar-refractivity contribution in [2.75, 3.05) is 18.0 Å². The Hall–Kier alpha value is -3.21. The maximum absolute atomic E-state index is 12.9. The molecule has 0 aliphatic carbocycles. The zero-order valence-corrected chi connectivity index (χ0v) is 17.5. The molecule has 5 heteroatoms. The molecule has 29 heavy (non-hydrogen) atoms. The maximum atomic E-state index is 12.9. The van der Waals surface area contributed by atoms with Crippen molar-refractivity contribution < 1.29 is 4.79 Å². The minimum Gasteiger partial charge on any atom is -0.352 e. The lowest BCUT2D eigenvalue weighted by molar-refractivity contribution is 0.0949. The molecule has 2 aromatic carbocycles. The summed E-state index contributed by atoms with van der Waals surface area (Å²) in [6.07, 6.45) is 1.64. The van der Waals surface area contributed by atoms with Gasteiger partial charge in [-0.25, -0.2) is 9.97 Å². The van der Waals surface area contributed by atoms with Gasteiger partial charge in [-0.3, -0.25) is 4.79 Å². The number of carbonyl (C=O) groups is 1. The smallest absolute Gasteiger partial charge is 0.256 e. The molecule has 0 spiro atoms. The Kier molecular flexibility index (Phi) is 6.60. The summed E-state index contributed by atoms with van der Waals surface area (Å²) in [5.74, 6) is 1.44. The second-order valence-electron chi connectivity index (χ2n) is 7.48. The summed E-state index contributed by atoms with van der Waals surface area (Å²) in [7, 11) is 0. The Morgan fingerprint density at radius 1 is 1.10 bits per heavy atom. The first-order chi connectivity index (χ1) is 14.0. The van der Waals surface area contributed by atoms with Crippen LogP contribution in [-0.4, -0.2) is 29.0 Å². The number of hydrogen-bond donors (Lipinski definition) is 1. The van der Waals surface area contributed by atoms with E-state index in [0.29, 0.717) is 36.2 Å². The van der Waals surface area contributed by atoms with Crippen molar-refractivity contribution in [3.8, 4) is 11.4 Å². The van der Waals surface area contributed by atoms with Crippen molar-refractivity contribution in [2.45, 2.75) is 27.7 Å². The topological polar surface area (TPSA) is 58.1 Å². The first kappa shape index (κ1) is 20.5. The van der Waals surface area contributed by atoms with E-state index in [-0.39, 0.29) is 5.91 Å². The third-order valence-electron chi connectivity index (χ3n) is 4.60. The lowest BCUT2D eigenvalue weighted by Gasteiger charge is -2.25. The fraction of sp³-hybridized carbons (Fsp3) is 0.292. The average Bonchev–Trinajstić information content (AvgIpc) is 2.73. The second-order valence-corrected chi connectivity index (χ2v) is 7.48. The molecule has 0 radical (unpaired) electrons. The van der Waals surface area contributed by atoms with E-state index in [1.54, 1.807) is 6.20 Å². The van der Waals surface area contributed by atoms with E-state index in [1.165, 1.54) is 0 Å². The van der Waals surface area contributed by atoms with Gasteiger partial charge >= 0.3 is 0 Å². The number of carbonyl (C=O) groups excluding carboxylic acids is 1. The molecule has 0 atom stereocenters. The number of benzene rings is 2. The van der Waals surface area contributed by atoms with Crippen LogP contribution in [0.4, 0.5) is 11.5 Å². The highest BCUT2D eigenvalue weighted by atomic mass is 16.1. The molecule has 0 aliphatic rings. The van der Waals surface area contributed by atoms with Gasteiger partial charge in [0.1, 0.15) is 11.4 Å². The van der Waals surface area contributed by atoms with E-state index in [4.69, 9.17) is 4.98 Å². The highest BCUT2D eigenvalue weighted by Gasteiger charge is 2.21. The maximum Gasteiger partial charge on any atom is 0.256 e. The molecule has 1 N–H and O–H groups in total. The van der Waals surface area contributed by atoms with Gasteiger partial charge < -0.3 is 10.2 Å². The molecule has 1 heterocycles. The van der Waals surface area contributed by atoms with Gasteiger partial charge in [-0.15, -0.1) is 0 Å². The third kappa shape index (κ3) is 4.99. The highest BCUT2D eigenvalue weighted by Crippen LogP contribution is 2.29. The number of nitrogens with zero attached hydrogens (tertiary/aromatic N) is 3. The Balaban J connectivity index is 2.09. The van der Waals surface area contributed by atoms with Gasteiger partial charge in [0.2, 0.25) is 0 Å². The predicted molar refractivity (Wildman–Crippen MR) is 118 cm³/mol. The number of aromatic nitrogens is 2. The minimum absolute atomic E-state index is 0.153. The van der Waals surface area contributed by atoms with Gasteiger partial charge in [-0.05, 0) is 37.5 Å². The van der Waals surface area contributed by atoms with Crippen LogP contribution in [0.15, 0.2) is 60.8 Å². The Bertz CT molecular complexity index is 970. The summed E-state index contributed by atoms with van der Waals surface area (Å²) in [6, 6.07) is 18.0. The second kappa shape index (κ2) is 9.32. The number of hydrogen-bond acceptors (Lipinski definition) is 4. The van der Waals surface area contributed by atoms with E-state index >= 15 is 0 Å². The molecule has 3 rings (SSSR count). The lowest BCUT2D eigenvalue weighted by Crippen LogP contribution is -2.30. The normalized spacial score (nSPS) is 10.8. The van der Waals surface area contributed by atoms with Crippen LogP contribution in [0.5, 0.6) is 0 Å². The standard InChI is InChI=1S/C24H28N4O/c1-5-28(20-13-9-10-18(4)14-20)23-21(24(29)26-15-17(2)3)16-25-22(27-23)19-11-7-6-8-12-19/h6-14,16-17H,5,15H2,1-4H3,(H,26,29). The molecule has 1 amide bonds. The van der Waals surface area contributed by atoms with Crippen LogP contribution in [0.3, 0.4) is 0 Å². The van der Waals surface area contributed by atoms with E-state index < -0.39 is 0 Å². The predicted octanol–water partition coefficient (Wildman–Crippen LogP) is 5.00. The van der Waals surface area contributed by atoms with Gasteiger partial charge in [0.25, 0.3) is 5.91 Å². The largest absolute Gasteiger partial charge is 0.352 e. The van der Waals surface area contributed by atoms with Gasteiger partial charge in [-0.1, -0.05) is 56.3 Å². The van der Waals surface area contributed by atoms with Crippen LogP contribution in [0.25, 0.3) is 11.4 Å². The monoisotopic (exact) mass is 388 g/mol. The molecule has 0 fully saturated rings. The molecule has 0 aliphatic heterocycles. The van der Waals surface area contributed by atoms with Crippen LogP contribution < -0.4 is 10.2 Å². The zero-order valence-electron chi connectivity index (χ0n) is 17.5. The summed E-state index contributed by atoms with van der Waals surface area (Å²) in [4.78, 5) is 24.3. The van der Waals surface area contributed by atoms with Crippen LogP contribution in [-0.2, 0) is 0 Å². The van der Waals surface area contributed by atoms with Crippen molar-refractivity contribution in [3.05, 3.63) is 71.9 Å². The number of nitrogens with one attached hydrogen (secondary N) is 1. The van der Waals surface area contributed by atoms with Crippen LogP contribution in [0, 0.1) is 12.8 Å². The minimum atomic E-state index is -0.153. The Morgan fingerprint density at radius 2 is 1.86 bits per heavy atom. The molecule has 5 nitrogen and oxygen atoms in total.